The van der Waals surface area contributed by atoms with Crippen molar-refractivity contribution >= 4 is 5.91 Å². The Morgan fingerprint density at radius 1 is 1.21 bits per heavy atom. The molecular formula is C11H22N2O. The van der Waals surface area contributed by atoms with Gasteiger partial charge in [-0.25, -0.2) is 0 Å². The minimum absolute atomic E-state index is 0.0527. The van der Waals surface area contributed by atoms with Crippen LogP contribution in [0.2, 0.25) is 0 Å². The van der Waals surface area contributed by atoms with Crippen molar-refractivity contribution in [1.82, 2.24) is 10.6 Å². The monoisotopic (exact) mass is 198 g/mol. The maximum absolute atomic E-state index is 11.3. The van der Waals surface area contributed by atoms with Crippen LogP contribution in [-0.2, 0) is 4.79 Å². The molecule has 1 amide bonds. The van der Waals surface area contributed by atoms with Gasteiger partial charge in [0.05, 0.1) is 6.04 Å². The highest BCUT2D eigenvalue weighted by atomic mass is 16.2. The number of carbonyl (C=O) groups is 1. The van der Waals surface area contributed by atoms with Crippen molar-refractivity contribution in [3.8, 4) is 0 Å². The van der Waals surface area contributed by atoms with Crippen molar-refractivity contribution < 1.29 is 4.79 Å². The average Bonchev–Trinajstić information content (AvgIpc) is 2.45. The smallest absolute Gasteiger partial charge is 0.236 e. The van der Waals surface area contributed by atoms with Gasteiger partial charge in [0.15, 0.2) is 0 Å². The Bertz CT molecular complexity index is 174. The van der Waals surface area contributed by atoms with Gasteiger partial charge < -0.3 is 10.6 Å². The van der Waals surface area contributed by atoms with E-state index in [0.29, 0.717) is 6.04 Å². The summed E-state index contributed by atoms with van der Waals surface area (Å²) in [5.74, 6) is 0.0919. The number of rotatable bonds is 3. The van der Waals surface area contributed by atoms with Crippen LogP contribution in [-0.4, -0.2) is 25.0 Å². The molecule has 0 saturated heterocycles. The zero-order valence-electron chi connectivity index (χ0n) is 9.31. The van der Waals surface area contributed by atoms with E-state index in [-0.39, 0.29) is 11.9 Å². The largest absolute Gasteiger partial charge is 0.358 e. The molecule has 0 aromatic rings. The number of hydrogen-bond acceptors (Lipinski definition) is 2. The van der Waals surface area contributed by atoms with E-state index in [9.17, 15) is 4.79 Å². The topological polar surface area (TPSA) is 41.1 Å². The lowest BCUT2D eigenvalue weighted by Crippen LogP contribution is -2.45. The molecule has 1 fully saturated rings. The first-order valence-corrected chi connectivity index (χ1v) is 5.71. The van der Waals surface area contributed by atoms with Gasteiger partial charge in [0, 0.05) is 13.1 Å². The van der Waals surface area contributed by atoms with Crippen molar-refractivity contribution in [2.45, 2.75) is 57.5 Å². The first kappa shape index (κ1) is 11.5. The molecule has 1 atom stereocenters. The van der Waals surface area contributed by atoms with E-state index in [1.165, 1.54) is 38.5 Å². The summed E-state index contributed by atoms with van der Waals surface area (Å²) in [5.41, 5.74) is 0. The average molecular weight is 198 g/mol. The number of likely N-dealkylation sites (N-methyl/N-ethyl adjacent to an activating group) is 1. The maximum atomic E-state index is 11.3. The van der Waals surface area contributed by atoms with Gasteiger partial charge in [-0.1, -0.05) is 25.7 Å². The summed E-state index contributed by atoms with van der Waals surface area (Å²) < 4.78 is 0. The maximum Gasteiger partial charge on any atom is 0.236 e. The van der Waals surface area contributed by atoms with Crippen molar-refractivity contribution in [2.75, 3.05) is 7.05 Å². The SMILES string of the molecule is CNC(=O)C(C)NC1CCCCCC1. The number of hydrogen-bond donors (Lipinski definition) is 2. The Balaban J connectivity index is 2.30. The van der Waals surface area contributed by atoms with Crippen LogP contribution in [0.3, 0.4) is 0 Å². The number of amides is 1. The fourth-order valence-corrected chi connectivity index (χ4v) is 2.09. The molecule has 1 aliphatic rings. The molecule has 82 valence electrons. The highest BCUT2D eigenvalue weighted by Gasteiger charge is 2.17. The minimum Gasteiger partial charge on any atom is -0.358 e. The van der Waals surface area contributed by atoms with Crippen LogP contribution in [0.1, 0.15) is 45.4 Å². The van der Waals surface area contributed by atoms with Gasteiger partial charge in [-0.3, -0.25) is 4.79 Å². The summed E-state index contributed by atoms with van der Waals surface area (Å²) in [6.07, 6.45) is 7.76. The predicted octanol–water partition coefficient (Wildman–Crippen LogP) is 1.43. The summed E-state index contributed by atoms with van der Waals surface area (Å²) in [6.45, 7) is 1.93. The lowest BCUT2D eigenvalue weighted by atomic mass is 10.1. The molecule has 0 bridgehead atoms. The van der Waals surface area contributed by atoms with E-state index < -0.39 is 0 Å². The third kappa shape index (κ3) is 3.66. The van der Waals surface area contributed by atoms with Gasteiger partial charge in [0.25, 0.3) is 0 Å². The first-order chi connectivity index (χ1) is 6.74. The van der Waals surface area contributed by atoms with Gasteiger partial charge >= 0.3 is 0 Å². The van der Waals surface area contributed by atoms with Gasteiger partial charge in [-0.05, 0) is 19.8 Å². The predicted molar refractivity (Wildman–Crippen MR) is 58.2 cm³/mol. The van der Waals surface area contributed by atoms with Crippen molar-refractivity contribution in [3.63, 3.8) is 0 Å². The minimum atomic E-state index is -0.0527. The number of nitrogens with one attached hydrogen (secondary N) is 2. The second-order valence-corrected chi connectivity index (χ2v) is 4.19. The standard InChI is InChI=1S/C11H22N2O/c1-9(11(14)12-2)13-10-7-5-3-4-6-8-10/h9-10,13H,3-8H2,1-2H3,(H,12,14). The van der Waals surface area contributed by atoms with Crippen molar-refractivity contribution in [3.05, 3.63) is 0 Å². The highest BCUT2D eigenvalue weighted by molar-refractivity contribution is 5.80. The Labute approximate surface area is 86.6 Å². The fraction of sp³-hybridized carbons (Fsp3) is 0.909. The molecule has 0 aromatic carbocycles. The van der Waals surface area contributed by atoms with E-state index in [4.69, 9.17) is 0 Å². The van der Waals surface area contributed by atoms with E-state index in [0.717, 1.165) is 0 Å². The summed E-state index contributed by atoms with van der Waals surface area (Å²) in [6, 6.07) is 0.493. The molecule has 1 rings (SSSR count). The molecule has 3 heteroatoms. The molecule has 1 saturated carbocycles. The molecule has 0 spiro atoms. The van der Waals surface area contributed by atoms with Crippen LogP contribution in [0, 0.1) is 0 Å². The molecule has 0 radical (unpaired) electrons. The van der Waals surface area contributed by atoms with Gasteiger partial charge in [-0.2, -0.15) is 0 Å². The molecule has 14 heavy (non-hydrogen) atoms. The molecule has 3 nitrogen and oxygen atoms in total. The zero-order chi connectivity index (χ0) is 10.4. The van der Waals surface area contributed by atoms with E-state index in [2.05, 4.69) is 10.6 Å². The van der Waals surface area contributed by atoms with Crippen LogP contribution < -0.4 is 10.6 Å². The lowest BCUT2D eigenvalue weighted by molar-refractivity contribution is -0.122. The molecular weight excluding hydrogens is 176 g/mol. The second-order valence-electron chi connectivity index (χ2n) is 4.19. The van der Waals surface area contributed by atoms with E-state index in [1.807, 2.05) is 6.92 Å². The molecule has 0 aromatic heterocycles. The second kappa shape index (κ2) is 6.02. The Morgan fingerprint density at radius 3 is 2.29 bits per heavy atom. The number of carbonyl (C=O) groups excluding carboxylic acids is 1. The van der Waals surface area contributed by atoms with Gasteiger partial charge in [-0.15, -0.1) is 0 Å². The lowest BCUT2D eigenvalue weighted by Gasteiger charge is -2.20. The molecule has 1 unspecified atom stereocenters. The Morgan fingerprint density at radius 2 is 1.79 bits per heavy atom. The van der Waals surface area contributed by atoms with E-state index >= 15 is 0 Å². The summed E-state index contributed by atoms with van der Waals surface area (Å²) in [4.78, 5) is 11.3. The summed E-state index contributed by atoms with van der Waals surface area (Å²) in [5, 5.41) is 6.07. The molecule has 0 heterocycles. The molecule has 2 N–H and O–H groups in total. The molecule has 1 aliphatic carbocycles. The first-order valence-electron chi connectivity index (χ1n) is 5.71. The van der Waals surface area contributed by atoms with Crippen molar-refractivity contribution in [2.24, 2.45) is 0 Å². The van der Waals surface area contributed by atoms with Crippen LogP contribution in [0.4, 0.5) is 0 Å². The van der Waals surface area contributed by atoms with Crippen LogP contribution >= 0.6 is 0 Å². The zero-order valence-corrected chi connectivity index (χ0v) is 9.31. The quantitative estimate of drug-likeness (QED) is 0.674. The normalized spacial score (nSPS) is 21.3. The fourth-order valence-electron chi connectivity index (χ4n) is 2.09. The summed E-state index contributed by atoms with van der Waals surface area (Å²) in [7, 11) is 1.69. The van der Waals surface area contributed by atoms with Crippen LogP contribution in [0.25, 0.3) is 0 Å². The Kier molecular flexibility index (Phi) is 4.94. The van der Waals surface area contributed by atoms with Crippen molar-refractivity contribution in [1.29, 1.82) is 0 Å². The van der Waals surface area contributed by atoms with Gasteiger partial charge in [0.2, 0.25) is 5.91 Å². The highest BCUT2D eigenvalue weighted by Crippen LogP contribution is 2.17. The third-order valence-corrected chi connectivity index (χ3v) is 2.98. The molecule has 0 aliphatic heterocycles. The van der Waals surface area contributed by atoms with E-state index in [1.54, 1.807) is 7.05 Å². The van der Waals surface area contributed by atoms with Crippen LogP contribution in [0.15, 0.2) is 0 Å². The van der Waals surface area contributed by atoms with Gasteiger partial charge in [0.1, 0.15) is 0 Å². The Hall–Kier alpha value is -0.570. The summed E-state index contributed by atoms with van der Waals surface area (Å²) >= 11 is 0. The third-order valence-electron chi connectivity index (χ3n) is 2.98. The van der Waals surface area contributed by atoms with Crippen LogP contribution in [0.5, 0.6) is 0 Å².